The minimum absolute atomic E-state index is 0.105. The van der Waals surface area contributed by atoms with E-state index in [0.717, 1.165) is 16.2 Å². The van der Waals surface area contributed by atoms with Gasteiger partial charge >= 0.3 is 12.1 Å². The molecule has 5 nitrogen and oxygen atoms in total. The lowest BCUT2D eigenvalue weighted by molar-refractivity contribution is 0.0636. The molecule has 17 heavy (non-hydrogen) atoms. The summed E-state index contributed by atoms with van der Waals surface area (Å²) in [4.78, 5) is 23.3. The Kier molecular flexibility index (Phi) is 3.77. The predicted molar refractivity (Wildman–Crippen MR) is 65.9 cm³/mol. The van der Waals surface area contributed by atoms with Gasteiger partial charge in [0.1, 0.15) is 10.5 Å². The smallest absolute Gasteiger partial charge is 0.412 e. The molecule has 6 heteroatoms. The predicted octanol–water partition coefficient (Wildman–Crippen LogP) is 3.10. The molecule has 0 spiro atoms. The van der Waals surface area contributed by atoms with Gasteiger partial charge in [-0.2, -0.15) is 0 Å². The Morgan fingerprint density at radius 1 is 1.41 bits per heavy atom. The number of rotatable bonds is 2. The van der Waals surface area contributed by atoms with Crippen LogP contribution in [0.1, 0.15) is 35.3 Å². The zero-order valence-corrected chi connectivity index (χ0v) is 11.0. The third kappa shape index (κ3) is 4.07. The number of aryl methyl sites for hydroxylation is 1. The van der Waals surface area contributed by atoms with E-state index in [2.05, 4.69) is 5.32 Å². The molecule has 0 aliphatic rings. The zero-order valence-electron chi connectivity index (χ0n) is 10.2. The number of hydrogen-bond acceptors (Lipinski definition) is 4. The average molecular weight is 257 g/mol. The van der Waals surface area contributed by atoms with Crippen molar-refractivity contribution in [3.8, 4) is 0 Å². The highest BCUT2D eigenvalue weighted by molar-refractivity contribution is 7.14. The summed E-state index contributed by atoms with van der Waals surface area (Å²) in [6.45, 7) is 6.99. The Labute approximate surface area is 103 Å². The lowest BCUT2D eigenvalue weighted by Crippen LogP contribution is -2.27. The minimum Gasteiger partial charge on any atom is -0.477 e. The normalized spacial score (nSPS) is 11.1. The van der Waals surface area contributed by atoms with E-state index >= 15 is 0 Å². The number of carbonyl (C=O) groups excluding carboxylic acids is 1. The summed E-state index contributed by atoms with van der Waals surface area (Å²) in [6.07, 6.45) is -0.655. The van der Waals surface area contributed by atoms with Gasteiger partial charge in [-0.1, -0.05) is 0 Å². The summed E-state index contributed by atoms with van der Waals surface area (Å²) < 4.78 is 5.05. The van der Waals surface area contributed by atoms with Crippen LogP contribution < -0.4 is 5.32 Å². The topological polar surface area (TPSA) is 75.6 Å². The Hall–Kier alpha value is -1.56. The first kappa shape index (κ1) is 13.5. The molecule has 0 unspecified atom stereocenters. The van der Waals surface area contributed by atoms with E-state index < -0.39 is 17.7 Å². The Balaban J connectivity index is 2.81. The first-order chi connectivity index (χ1) is 7.69. The fourth-order valence-electron chi connectivity index (χ4n) is 1.18. The van der Waals surface area contributed by atoms with Crippen LogP contribution in [0.15, 0.2) is 6.07 Å². The molecule has 1 rings (SSSR count). The maximum atomic E-state index is 11.5. The molecule has 0 bridgehead atoms. The van der Waals surface area contributed by atoms with Gasteiger partial charge in [-0.25, -0.2) is 9.59 Å². The summed E-state index contributed by atoms with van der Waals surface area (Å²) in [5, 5.41) is 11.4. The van der Waals surface area contributed by atoms with Crippen LogP contribution in [0.2, 0.25) is 0 Å². The molecule has 2 N–H and O–H groups in total. The van der Waals surface area contributed by atoms with Gasteiger partial charge in [-0.3, -0.25) is 5.32 Å². The van der Waals surface area contributed by atoms with Crippen LogP contribution in [-0.4, -0.2) is 22.8 Å². The second-order valence-corrected chi connectivity index (χ2v) is 5.79. The fourth-order valence-corrected chi connectivity index (χ4v) is 1.99. The second kappa shape index (κ2) is 4.75. The Bertz CT molecular complexity index is 445. The Morgan fingerprint density at radius 2 is 2.00 bits per heavy atom. The summed E-state index contributed by atoms with van der Waals surface area (Å²) >= 11 is 1.11. The lowest BCUT2D eigenvalue weighted by atomic mass is 10.2. The number of hydrogen-bond donors (Lipinski definition) is 2. The molecule has 1 heterocycles. The van der Waals surface area contributed by atoms with Crippen molar-refractivity contribution in [2.24, 2.45) is 0 Å². The molecule has 0 aliphatic heterocycles. The SMILES string of the molecule is Cc1cc(NC(=O)OC(C)(C)C)c(C(=O)O)s1. The van der Waals surface area contributed by atoms with Crippen molar-refractivity contribution < 1.29 is 19.4 Å². The third-order valence-corrected chi connectivity index (χ3v) is 2.72. The number of thiophene rings is 1. The Morgan fingerprint density at radius 3 is 2.47 bits per heavy atom. The van der Waals surface area contributed by atoms with Crippen LogP contribution in [-0.2, 0) is 4.74 Å². The number of aromatic carboxylic acids is 1. The van der Waals surface area contributed by atoms with E-state index in [-0.39, 0.29) is 10.6 Å². The molecule has 0 aromatic carbocycles. The van der Waals surface area contributed by atoms with E-state index in [0.29, 0.717) is 0 Å². The van der Waals surface area contributed by atoms with E-state index in [1.54, 1.807) is 33.8 Å². The molecule has 0 saturated heterocycles. The number of amides is 1. The molecule has 1 aromatic rings. The van der Waals surface area contributed by atoms with Crippen molar-refractivity contribution in [3.05, 3.63) is 15.8 Å². The summed E-state index contributed by atoms with van der Waals surface area (Å²) in [6, 6.07) is 1.61. The molecule has 94 valence electrons. The van der Waals surface area contributed by atoms with E-state index in [4.69, 9.17) is 9.84 Å². The van der Waals surface area contributed by atoms with Gasteiger partial charge in [-0.15, -0.1) is 11.3 Å². The second-order valence-electron chi connectivity index (χ2n) is 4.53. The fraction of sp³-hybridized carbons (Fsp3) is 0.455. The standard InChI is InChI=1S/C11H15NO4S/c1-6-5-7(8(17-6)9(13)14)12-10(15)16-11(2,3)4/h5H,1-4H3,(H,12,15)(H,13,14). The highest BCUT2D eigenvalue weighted by Gasteiger charge is 2.20. The maximum Gasteiger partial charge on any atom is 0.412 e. The van der Waals surface area contributed by atoms with E-state index in [1.807, 2.05) is 0 Å². The van der Waals surface area contributed by atoms with Crippen molar-refractivity contribution in [2.45, 2.75) is 33.3 Å². The van der Waals surface area contributed by atoms with Gasteiger partial charge < -0.3 is 9.84 Å². The van der Waals surface area contributed by atoms with Gasteiger partial charge in [0.25, 0.3) is 0 Å². The quantitative estimate of drug-likeness (QED) is 0.853. The molecule has 1 amide bonds. The molecular weight excluding hydrogens is 242 g/mol. The van der Waals surface area contributed by atoms with Crippen molar-refractivity contribution in [2.75, 3.05) is 5.32 Å². The van der Waals surface area contributed by atoms with Gasteiger partial charge in [0.2, 0.25) is 0 Å². The van der Waals surface area contributed by atoms with Gasteiger partial charge in [0, 0.05) is 4.88 Å². The first-order valence-electron chi connectivity index (χ1n) is 5.03. The molecule has 0 atom stereocenters. The van der Waals surface area contributed by atoms with Crippen molar-refractivity contribution in [1.29, 1.82) is 0 Å². The van der Waals surface area contributed by atoms with Crippen LogP contribution >= 0.6 is 11.3 Å². The summed E-state index contributed by atoms with van der Waals surface area (Å²) in [7, 11) is 0. The number of carbonyl (C=O) groups is 2. The van der Waals surface area contributed by atoms with Gasteiger partial charge in [-0.05, 0) is 33.8 Å². The van der Waals surface area contributed by atoms with Gasteiger partial charge in [0.15, 0.2) is 0 Å². The number of carboxylic acid groups (broad SMARTS) is 1. The number of ether oxygens (including phenoxy) is 1. The molecule has 1 aromatic heterocycles. The summed E-state index contributed by atoms with van der Waals surface area (Å²) in [5.41, 5.74) is -0.340. The van der Waals surface area contributed by atoms with Crippen molar-refractivity contribution in [1.82, 2.24) is 0 Å². The largest absolute Gasteiger partial charge is 0.477 e. The van der Waals surface area contributed by atoms with Crippen LogP contribution in [0.3, 0.4) is 0 Å². The van der Waals surface area contributed by atoms with Crippen LogP contribution in [0.4, 0.5) is 10.5 Å². The van der Waals surface area contributed by atoms with Crippen LogP contribution in [0.25, 0.3) is 0 Å². The molecule has 0 fully saturated rings. The van der Waals surface area contributed by atoms with Gasteiger partial charge in [0.05, 0.1) is 5.69 Å². The average Bonchev–Trinajstić information content (AvgIpc) is 2.42. The summed E-state index contributed by atoms with van der Waals surface area (Å²) in [5.74, 6) is -1.06. The van der Waals surface area contributed by atoms with E-state index in [1.165, 1.54) is 0 Å². The molecule has 0 aliphatic carbocycles. The monoisotopic (exact) mass is 257 g/mol. The van der Waals surface area contributed by atoms with Crippen molar-refractivity contribution in [3.63, 3.8) is 0 Å². The van der Waals surface area contributed by atoms with Crippen molar-refractivity contribution >= 4 is 29.1 Å². The van der Waals surface area contributed by atoms with Crippen LogP contribution in [0, 0.1) is 6.92 Å². The maximum absolute atomic E-state index is 11.5. The molecule has 0 radical (unpaired) electrons. The molecular formula is C11H15NO4S. The van der Waals surface area contributed by atoms with E-state index in [9.17, 15) is 9.59 Å². The number of nitrogens with one attached hydrogen (secondary N) is 1. The number of anilines is 1. The van der Waals surface area contributed by atoms with Crippen LogP contribution in [0.5, 0.6) is 0 Å². The highest BCUT2D eigenvalue weighted by atomic mass is 32.1. The lowest BCUT2D eigenvalue weighted by Gasteiger charge is -2.19. The first-order valence-corrected chi connectivity index (χ1v) is 5.84. The zero-order chi connectivity index (χ0) is 13.2. The third-order valence-electron chi connectivity index (χ3n) is 1.69. The highest BCUT2D eigenvalue weighted by Crippen LogP contribution is 2.27. The molecule has 0 saturated carbocycles. The number of carboxylic acids is 1. The minimum atomic E-state index is -1.06.